The average Bonchev–Trinajstić information content (AvgIpc) is 3.22. The molecule has 0 saturated heterocycles. The van der Waals surface area contributed by atoms with Crippen molar-refractivity contribution in [1.82, 2.24) is 15.7 Å². The van der Waals surface area contributed by atoms with Crippen molar-refractivity contribution >= 4 is 28.3 Å². The number of nitro benzene ring substituents is 1. The highest BCUT2D eigenvalue weighted by atomic mass is 16.6. The molecule has 4 rings (SSSR count). The van der Waals surface area contributed by atoms with Crippen molar-refractivity contribution in [3.05, 3.63) is 94.0 Å². The van der Waals surface area contributed by atoms with Crippen molar-refractivity contribution < 1.29 is 18.9 Å². The average molecular weight is 476 g/mol. The molecule has 10 heteroatoms. The predicted octanol–water partition coefficient (Wildman–Crippen LogP) is 4.36. The van der Waals surface area contributed by atoms with Gasteiger partial charge in [-0.25, -0.2) is 0 Å². The number of hydrogen-bond acceptors (Lipinski definition) is 8. The molecule has 0 aliphatic carbocycles. The number of carbonyl (C=O) groups is 1. The molecule has 0 aliphatic rings. The largest absolute Gasteiger partial charge is 0.493 e. The van der Waals surface area contributed by atoms with Gasteiger partial charge in [-0.2, -0.15) is 0 Å². The Morgan fingerprint density at radius 3 is 2.83 bits per heavy atom. The minimum absolute atomic E-state index is 0.0850. The van der Waals surface area contributed by atoms with E-state index in [-0.39, 0.29) is 11.4 Å². The first-order chi connectivity index (χ1) is 17.0. The standard InChI is InChI=1S/C25H25N5O5/c1-17-23-21(34-13-5-12-27-16-18-6-4-11-26-15-18)9-3-10-22(23)35-24(17)25(31)29-28-19-7-2-8-20(14-19)30(32)33/h2-4,6-11,14-15,27-28H,5,12-13,16H2,1H3,(H,29,31). The van der Waals surface area contributed by atoms with Crippen LogP contribution in [0.25, 0.3) is 11.0 Å². The second kappa shape index (κ2) is 11.1. The predicted molar refractivity (Wildman–Crippen MR) is 131 cm³/mol. The SMILES string of the molecule is Cc1c(C(=O)NNc2cccc([N+](=O)[O-])c2)oc2cccc(OCCCNCc3cccnc3)c12. The molecule has 0 saturated carbocycles. The summed E-state index contributed by atoms with van der Waals surface area (Å²) in [5.74, 6) is 0.268. The highest BCUT2D eigenvalue weighted by Crippen LogP contribution is 2.33. The first-order valence-electron chi connectivity index (χ1n) is 11.1. The van der Waals surface area contributed by atoms with Crippen LogP contribution in [0.4, 0.5) is 11.4 Å². The molecule has 0 atom stereocenters. The number of carbonyl (C=O) groups excluding carboxylic acids is 1. The number of benzene rings is 2. The number of non-ortho nitro benzene ring substituents is 1. The Kier molecular flexibility index (Phi) is 7.53. The smallest absolute Gasteiger partial charge is 0.305 e. The van der Waals surface area contributed by atoms with Crippen molar-refractivity contribution in [3.63, 3.8) is 0 Å². The summed E-state index contributed by atoms with van der Waals surface area (Å²) in [6.07, 6.45) is 4.38. The van der Waals surface area contributed by atoms with E-state index in [0.29, 0.717) is 29.2 Å². The van der Waals surface area contributed by atoms with Gasteiger partial charge in [0.2, 0.25) is 0 Å². The molecule has 0 fully saturated rings. The van der Waals surface area contributed by atoms with E-state index in [1.165, 1.54) is 18.2 Å². The van der Waals surface area contributed by atoms with Crippen LogP contribution in [-0.2, 0) is 6.54 Å². The van der Waals surface area contributed by atoms with Gasteiger partial charge in [0.1, 0.15) is 11.3 Å². The number of rotatable bonds is 11. The summed E-state index contributed by atoms with van der Waals surface area (Å²) in [6.45, 7) is 3.81. The minimum atomic E-state index is -0.505. The zero-order valence-electron chi connectivity index (χ0n) is 19.1. The number of furan rings is 1. The molecule has 0 unspecified atom stereocenters. The summed E-state index contributed by atoms with van der Waals surface area (Å²) in [5, 5.41) is 15.0. The molecule has 0 spiro atoms. The Hall–Kier alpha value is -4.44. The molecular formula is C25H25N5O5. The van der Waals surface area contributed by atoms with E-state index in [4.69, 9.17) is 9.15 Å². The summed E-state index contributed by atoms with van der Waals surface area (Å²) < 4.78 is 11.8. The van der Waals surface area contributed by atoms with E-state index < -0.39 is 10.8 Å². The van der Waals surface area contributed by atoms with Crippen LogP contribution in [0, 0.1) is 17.0 Å². The second-order valence-corrected chi connectivity index (χ2v) is 7.81. The molecule has 10 nitrogen and oxygen atoms in total. The first kappa shape index (κ1) is 23.7. The van der Waals surface area contributed by atoms with Crippen LogP contribution in [0.5, 0.6) is 5.75 Å². The van der Waals surface area contributed by atoms with Crippen LogP contribution in [0.15, 0.2) is 71.4 Å². The number of nitro groups is 1. The van der Waals surface area contributed by atoms with Gasteiger partial charge in [-0.1, -0.05) is 18.2 Å². The zero-order chi connectivity index (χ0) is 24.6. The molecule has 0 bridgehead atoms. The third kappa shape index (κ3) is 5.92. The lowest BCUT2D eigenvalue weighted by Crippen LogP contribution is -2.29. The van der Waals surface area contributed by atoms with Crippen LogP contribution in [0.3, 0.4) is 0 Å². The molecule has 3 N–H and O–H groups in total. The van der Waals surface area contributed by atoms with Gasteiger partial charge in [0.25, 0.3) is 5.69 Å². The Morgan fingerprint density at radius 2 is 2.03 bits per heavy atom. The summed E-state index contributed by atoms with van der Waals surface area (Å²) >= 11 is 0. The molecule has 1 amide bonds. The van der Waals surface area contributed by atoms with Crippen LogP contribution in [-0.4, -0.2) is 29.0 Å². The van der Waals surface area contributed by atoms with Gasteiger partial charge in [0, 0.05) is 36.6 Å². The Labute approximate surface area is 201 Å². The van der Waals surface area contributed by atoms with E-state index in [9.17, 15) is 14.9 Å². The quantitative estimate of drug-likeness (QED) is 0.166. The lowest BCUT2D eigenvalue weighted by molar-refractivity contribution is -0.384. The number of aromatic nitrogens is 1. The molecule has 2 aromatic carbocycles. The van der Waals surface area contributed by atoms with E-state index in [1.54, 1.807) is 25.3 Å². The maximum atomic E-state index is 12.7. The zero-order valence-corrected chi connectivity index (χ0v) is 19.1. The van der Waals surface area contributed by atoms with Gasteiger partial charge in [-0.05, 0) is 49.7 Å². The van der Waals surface area contributed by atoms with Crippen LogP contribution < -0.4 is 20.9 Å². The van der Waals surface area contributed by atoms with Crippen molar-refractivity contribution in [2.75, 3.05) is 18.6 Å². The topological polar surface area (TPSA) is 132 Å². The van der Waals surface area contributed by atoms with Crippen molar-refractivity contribution in [2.45, 2.75) is 19.9 Å². The number of ether oxygens (including phenoxy) is 1. The summed E-state index contributed by atoms with van der Waals surface area (Å²) in [4.78, 5) is 27.3. The third-order valence-electron chi connectivity index (χ3n) is 5.31. The highest BCUT2D eigenvalue weighted by Gasteiger charge is 2.20. The molecular weight excluding hydrogens is 450 g/mol. The number of nitrogens with one attached hydrogen (secondary N) is 3. The fourth-order valence-corrected chi connectivity index (χ4v) is 3.60. The van der Waals surface area contributed by atoms with Gasteiger partial charge >= 0.3 is 5.91 Å². The Balaban J connectivity index is 1.34. The normalized spacial score (nSPS) is 10.8. The Bertz CT molecular complexity index is 1320. The number of anilines is 1. The second-order valence-electron chi connectivity index (χ2n) is 7.81. The van der Waals surface area contributed by atoms with E-state index in [1.807, 2.05) is 30.5 Å². The van der Waals surface area contributed by atoms with Gasteiger partial charge in [-0.15, -0.1) is 0 Å². The Morgan fingerprint density at radius 1 is 1.17 bits per heavy atom. The molecule has 0 radical (unpaired) electrons. The molecule has 0 aliphatic heterocycles. The van der Waals surface area contributed by atoms with Gasteiger partial charge in [0.05, 0.1) is 22.6 Å². The minimum Gasteiger partial charge on any atom is -0.493 e. The molecule has 2 aromatic heterocycles. The van der Waals surface area contributed by atoms with Gasteiger partial charge in [-0.3, -0.25) is 30.7 Å². The maximum absolute atomic E-state index is 12.7. The highest BCUT2D eigenvalue weighted by molar-refractivity contribution is 6.01. The van der Waals surface area contributed by atoms with E-state index >= 15 is 0 Å². The summed E-state index contributed by atoms with van der Waals surface area (Å²) in [6, 6.07) is 15.2. The molecule has 35 heavy (non-hydrogen) atoms. The summed E-state index contributed by atoms with van der Waals surface area (Å²) in [5.41, 5.74) is 7.80. The van der Waals surface area contributed by atoms with Crippen molar-refractivity contribution in [1.29, 1.82) is 0 Å². The van der Waals surface area contributed by atoms with Gasteiger partial charge < -0.3 is 14.5 Å². The molecule has 2 heterocycles. The first-order valence-corrected chi connectivity index (χ1v) is 11.1. The third-order valence-corrected chi connectivity index (χ3v) is 5.31. The van der Waals surface area contributed by atoms with Gasteiger partial charge in [0.15, 0.2) is 5.76 Å². The maximum Gasteiger partial charge on any atom is 0.305 e. The number of hydrazine groups is 1. The van der Waals surface area contributed by atoms with Crippen LogP contribution in [0.2, 0.25) is 0 Å². The molecule has 4 aromatic rings. The number of hydrogen-bond donors (Lipinski definition) is 3. The number of pyridine rings is 1. The number of aryl methyl sites for hydroxylation is 1. The lowest BCUT2D eigenvalue weighted by Gasteiger charge is -2.09. The molecule has 180 valence electrons. The number of nitrogens with zero attached hydrogens (tertiary/aromatic N) is 2. The monoisotopic (exact) mass is 475 g/mol. The fraction of sp³-hybridized carbons (Fsp3) is 0.200. The summed E-state index contributed by atoms with van der Waals surface area (Å²) in [7, 11) is 0. The van der Waals surface area contributed by atoms with E-state index in [2.05, 4.69) is 21.2 Å². The van der Waals surface area contributed by atoms with Crippen molar-refractivity contribution in [2.24, 2.45) is 0 Å². The van der Waals surface area contributed by atoms with Crippen LogP contribution >= 0.6 is 0 Å². The number of amides is 1. The number of fused-ring (bicyclic) bond motifs is 1. The van der Waals surface area contributed by atoms with Crippen LogP contribution in [0.1, 0.15) is 28.1 Å². The lowest BCUT2D eigenvalue weighted by atomic mass is 10.1. The van der Waals surface area contributed by atoms with E-state index in [0.717, 1.165) is 30.5 Å². The fourth-order valence-electron chi connectivity index (χ4n) is 3.60. The van der Waals surface area contributed by atoms with Crippen molar-refractivity contribution in [3.8, 4) is 5.75 Å².